The number of hydrogen-bond donors (Lipinski definition) is 4. The Morgan fingerprint density at radius 1 is 1.17 bits per heavy atom. The van der Waals surface area contributed by atoms with Gasteiger partial charge in [-0.15, -0.1) is 11.3 Å². The number of carbonyl (C=O) groups excluding carboxylic acids is 2. The highest BCUT2D eigenvalue weighted by molar-refractivity contribution is 7.15. The molecule has 5 unspecified atom stereocenters. The third-order valence-electron chi connectivity index (χ3n) is 8.79. The number of nitrogens with one attached hydrogen (secondary N) is 2. The van der Waals surface area contributed by atoms with Crippen molar-refractivity contribution >= 4 is 28.3 Å². The summed E-state index contributed by atoms with van der Waals surface area (Å²) in [5.74, 6) is -0.0974. The number of carbonyl (C=O) groups is 2. The molecule has 0 aliphatic heterocycles. The summed E-state index contributed by atoms with van der Waals surface area (Å²) >= 11 is 1.48. The van der Waals surface area contributed by atoms with Gasteiger partial charge in [0.1, 0.15) is 0 Å². The van der Waals surface area contributed by atoms with Gasteiger partial charge in [0.2, 0.25) is 11.8 Å². The number of thiazole rings is 1. The quantitative estimate of drug-likeness (QED) is 0.467. The lowest BCUT2D eigenvalue weighted by Gasteiger charge is -2.58. The lowest BCUT2D eigenvalue weighted by Crippen LogP contribution is -2.57. The van der Waals surface area contributed by atoms with Gasteiger partial charge in [0.05, 0.1) is 18.4 Å². The number of aliphatic hydroxyl groups excluding tert-OH is 2. The number of benzene rings is 1. The van der Waals surface area contributed by atoms with E-state index in [9.17, 15) is 19.8 Å². The van der Waals surface area contributed by atoms with Crippen molar-refractivity contribution in [3.63, 3.8) is 0 Å². The third kappa shape index (κ3) is 4.52. The molecule has 1 heterocycles. The fraction of sp³-hybridized carbons (Fsp3) is 0.593. The minimum absolute atomic E-state index is 0.00407. The van der Waals surface area contributed by atoms with Gasteiger partial charge in [0, 0.05) is 35.1 Å². The Labute approximate surface area is 210 Å². The van der Waals surface area contributed by atoms with Crippen molar-refractivity contribution < 1.29 is 19.8 Å². The molecular formula is C27H35N3O4S. The average Bonchev–Trinajstić information content (AvgIpc) is 3.63. The molecule has 35 heavy (non-hydrogen) atoms. The molecule has 2 aromatic rings. The minimum atomic E-state index is -0.662. The first kappa shape index (κ1) is 24.4. The molecule has 188 valence electrons. The minimum Gasteiger partial charge on any atom is -0.396 e. The van der Waals surface area contributed by atoms with E-state index in [0.717, 1.165) is 35.4 Å². The largest absolute Gasteiger partial charge is 0.396 e. The Kier molecular flexibility index (Phi) is 6.48. The first-order valence-corrected chi connectivity index (χ1v) is 13.5. The van der Waals surface area contributed by atoms with Crippen LogP contribution in [0.4, 0.5) is 5.13 Å². The Balaban J connectivity index is 1.44. The van der Waals surface area contributed by atoms with E-state index in [2.05, 4.69) is 17.6 Å². The summed E-state index contributed by atoms with van der Waals surface area (Å²) in [6, 6.07) is 9.83. The standard InChI is InChI=1S/C27H35N3O4S/c1-26-11-10-21(32)27(2,15-31)20(26)13-19-23(29-25(35-19)30-24(34)17-8-9-17)18(26)12-22(33)28-14-16-6-4-3-5-7-16/h3-7,17-18,20-21,31-32H,8-15H2,1-2H3,(H,28,33)(H,29,30,34). The Hall–Kier alpha value is -2.29. The van der Waals surface area contributed by atoms with Crippen molar-refractivity contribution in [2.75, 3.05) is 11.9 Å². The summed E-state index contributed by atoms with van der Waals surface area (Å²) in [6.45, 7) is 4.51. The van der Waals surface area contributed by atoms with Gasteiger partial charge in [-0.2, -0.15) is 0 Å². The molecule has 0 bridgehead atoms. The molecule has 5 atom stereocenters. The molecule has 3 aliphatic carbocycles. The number of aromatic nitrogens is 1. The SMILES string of the molecule is CC1(CO)C(O)CCC2(C)C(CC(=O)NCc3ccccc3)c3nc(NC(=O)C4CC4)sc3CC12. The summed E-state index contributed by atoms with van der Waals surface area (Å²) in [7, 11) is 0. The molecule has 0 radical (unpaired) electrons. The fourth-order valence-corrected chi connectivity index (χ4v) is 7.38. The van der Waals surface area contributed by atoms with Crippen molar-refractivity contribution in [1.29, 1.82) is 0 Å². The molecule has 2 amide bonds. The van der Waals surface area contributed by atoms with E-state index in [1.165, 1.54) is 11.3 Å². The zero-order valence-electron chi connectivity index (χ0n) is 20.4. The number of nitrogens with zero attached hydrogens (tertiary/aromatic N) is 1. The Morgan fingerprint density at radius 2 is 1.91 bits per heavy atom. The second-order valence-electron chi connectivity index (χ2n) is 11.1. The van der Waals surface area contributed by atoms with E-state index in [1.54, 1.807) is 0 Å². The van der Waals surface area contributed by atoms with Crippen LogP contribution in [-0.2, 0) is 22.6 Å². The highest BCUT2D eigenvalue weighted by atomic mass is 32.1. The number of amides is 2. The molecule has 2 fully saturated rings. The predicted molar refractivity (Wildman–Crippen MR) is 135 cm³/mol. The van der Waals surface area contributed by atoms with Gasteiger partial charge in [0.15, 0.2) is 5.13 Å². The Bertz CT molecular complexity index is 1100. The van der Waals surface area contributed by atoms with Crippen LogP contribution in [0.2, 0.25) is 0 Å². The fourth-order valence-electron chi connectivity index (χ4n) is 6.31. The Morgan fingerprint density at radius 3 is 2.60 bits per heavy atom. The molecule has 5 rings (SSSR count). The van der Waals surface area contributed by atoms with Crippen LogP contribution >= 0.6 is 11.3 Å². The number of aliphatic hydroxyl groups is 2. The third-order valence-corrected chi connectivity index (χ3v) is 9.80. The monoisotopic (exact) mass is 497 g/mol. The molecule has 4 N–H and O–H groups in total. The summed E-state index contributed by atoms with van der Waals surface area (Å²) < 4.78 is 0. The van der Waals surface area contributed by atoms with Gasteiger partial charge in [-0.1, -0.05) is 44.2 Å². The van der Waals surface area contributed by atoms with Crippen LogP contribution in [0, 0.1) is 22.7 Å². The molecule has 3 aliphatic rings. The summed E-state index contributed by atoms with van der Waals surface area (Å²) in [4.78, 5) is 31.5. The maximum absolute atomic E-state index is 13.2. The highest BCUT2D eigenvalue weighted by Gasteiger charge is 2.59. The van der Waals surface area contributed by atoms with Crippen molar-refractivity contribution in [2.24, 2.45) is 22.7 Å². The van der Waals surface area contributed by atoms with Gasteiger partial charge >= 0.3 is 0 Å². The van der Waals surface area contributed by atoms with Crippen molar-refractivity contribution in [1.82, 2.24) is 10.3 Å². The van der Waals surface area contributed by atoms with E-state index in [4.69, 9.17) is 4.98 Å². The van der Waals surface area contributed by atoms with E-state index in [0.29, 0.717) is 24.5 Å². The number of anilines is 1. The lowest BCUT2D eigenvalue weighted by atomic mass is 9.47. The molecule has 1 aromatic carbocycles. The van der Waals surface area contributed by atoms with Gasteiger partial charge < -0.3 is 20.8 Å². The molecular weight excluding hydrogens is 462 g/mol. The van der Waals surface area contributed by atoms with Crippen LogP contribution in [0.25, 0.3) is 0 Å². The summed E-state index contributed by atoms with van der Waals surface area (Å²) in [5.41, 5.74) is 0.970. The predicted octanol–water partition coefficient (Wildman–Crippen LogP) is 3.61. The molecule has 0 saturated heterocycles. The van der Waals surface area contributed by atoms with Gasteiger partial charge in [-0.05, 0) is 49.0 Å². The topological polar surface area (TPSA) is 112 Å². The van der Waals surface area contributed by atoms with Gasteiger partial charge in [0.25, 0.3) is 0 Å². The van der Waals surface area contributed by atoms with E-state index < -0.39 is 11.5 Å². The zero-order valence-corrected chi connectivity index (χ0v) is 21.2. The van der Waals surface area contributed by atoms with Crippen LogP contribution in [0.3, 0.4) is 0 Å². The van der Waals surface area contributed by atoms with Crippen molar-refractivity contribution in [2.45, 2.75) is 70.9 Å². The second-order valence-corrected chi connectivity index (χ2v) is 12.2. The van der Waals surface area contributed by atoms with Crippen LogP contribution < -0.4 is 10.6 Å². The van der Waals surface area contributed by atoms with E-state index in [-0.39, 0.29) is 48.0 Å². The molecule has 0 spiro atoms. The lowest BCUT2D eigenvalue weighted by molar-refractivity contribution is -0.144. The molecule has 7 nitrogen and oxygen atoms in total. The summed E-state index contributed by atoms with van der Waals surface area (Å²) in [5, 5.41) is 27.9. The number of hydrogen-bond acceptors (Lipinski definition) is 6. The maximum Gasteiger partial charge on any atom is 0.229 e. The van der Waals surface area contributed by atoms with Crippen molar-refractivity contribution in [3.05, 3.63) is 46.5 Å². The van der Waals surface area contributed by atoms with Gasteiger partial charge in [-0.3, -0.25) is 9.59 Å². The average molecular weight is 498 g/mol. The van der Waals surface area contributed by atoms with E-state index >= 15 is 0 Å². The number of rotatable bonds is 7. The molecule has 1 aromatic heterocycles. The first-order chi connectivity index (χ1) is 16.7. The van der Waals surface area contributed by atoms with Gasteiger partial charge in [-0.25, -0.2) is 4.98 Å². The second kappa shape index (κ2) is 9.30. The molecule has 2 saturated carbocycles. The molecule has 8 heteroatoms. The normalized spacial score (nSPS) is 31.8. The number of fused-ring (bicyclic) bond motifs is 2. The van der Waals surface area contributed by atoms with Crippen molar-refractivity contribution in [3.8, 4) is 0 Å². The maximum atomic E-state index is 13.2. The smallest absolute Gasteiger partial charge is 0.229 e. The highest BCUT2D eigenvalue weighted by Crippen LogP contribution is 2.62. The van der Waals surface area contributed by atoms with Crippen LogP contribution in [0.1, 0.15) is 68.0 Å². The van der Waals surface area contributed by atoms with Crippen LogP contribution in [0.15, 0.2) is 30.3 Å². The van der Waals surface area contributed by atoms with E-state index in [1.807, 2.05) is 37.3 Å². The van der Waals surface area contributed by atoms with Crippen LogP contribution in [0.5, 0.6) is 0 Å². The summed E-state index contributed by atoms with van der Waals surface area (Å²) in [6.07, 6.45) is 3.55. The first-order valence-electron chi connectivity index (χ1n) is 12.6. The van der Waals surface area contributed by atoms with Crippen LogP contribution in [-0.4, -0.2) is 39.7 Å². The zero-order chi connectivity index (χ0) is 24.8.